The second kappa shape index (κ2) is 8.65. The fraction of sp³-hybridized carbons (Fsp3) is 0.750. The molecular formula is C16H27Cl2N3OS. The molecule has 3 rings (SSSR count). The first kappa shape index (κ1) is 20.7. The van der Waals surface area contributed by atoms with Gasteiger partial charge in [-0.3, -0.25) is 4.79 Å². The molecule has 1 atom stereocenters. The third-order valence-corrected chi connectivity index (χ3v) is 5.99. The van der Waals surface area contributed by atoms with Gasteiger partial charge >= 0.3 is 0 Å². The molecule has 0 aromatic carbocycles. The molecule has 1 amide bonds. The largest absolute Gasteiger partial charge is 0.340 e. The van der Waals surface area contributed by atoms with E-state index < -0.39 is 5.54 Å². The molecular weight excluding hydrogens is 353 g/mol. The van der Waals surface area contributed by atoms with Crippen molar-refractivity contribution in [2.24, 2.45) is 5.73 Å². The van der Waals surface area contributed by atoms with E-state index in [1.54, 1.807) is 11.3 Å². The van der Waals surface area contributed by atoms with Gasteiger partial charge in [0, 0.05) is 30.1 Å². The predicted molar refractivity (Wildman–Crippen MR) is 99.9 cm³/mol. The van der Waals surface area contributed by atoms with Gasteiger partial charge in [-0.2, -0.15) is 0 Å². The number of nitrogens with zero attached hydrogens (tertiary/aromatic N) is 2. The number of halogens is 2. The van der Waals surface area contributed by atoms with Gasteiger partial charge in [-0.25, -0.2) is 4.98 Å². The van der Waals surface area contributed by atoms with Crippen LogP contribution in [0.5, 0.6) is 0 Å². The Labute approximate surface area is 155 Å². The van der Waals surface area contributed by atoms with E-state index in [0.717, 1.165) is 57.3 Å². The number of thiazole rings is 1. The fourth-order valence-corrected chi connectivity index (χ4v) is 4.56. The zero-order chi connectivity index (χ0) is 14.9. The lowest BCUT2D eigenvalue weighted by Gasteiger charge is -2.40. The van der Waals surface area contributed by atoms with Gasteiger partial charge in [0.05, 0.1) is 10.5 Å². The van der Waals surface area contributed by atoms with Crippen LogP contribution >= 0.6 is 36.2 Å². The van der Waals surface area contributed by atoms with E-state index in [1.807, 2.05) is 11.8 Å². The third kappa shape index (κ3) is 4.59. The van der Waals surface area contributed by atoms with E-state index in [4.69, 9.17) is 5.73 Å². The maximum Gasteiger partial charge on any atom is 0.242 e. The molecule has 132 valence electrons. The molecule has 1 aliphatic heterocycles. The minimum Gasteiger partial charge on any atom is -0.340 e. The maximum absolute atomic E-state index is 12.8. The van der Waals surface area contributed by atoms with Crippen molar-refractivity contribution in [1.82, 2.24) is 9.88 Å². The molecule has 0 spiro atoms. The lowest BCUT2D eigenvalue weighted by atomic mass is 9.81. The average molecular weight is 380 g/mol. The Bertz CT molecular complexity index is 517. The van der Waals surface area contributed by atoms with Gasteiger partial charge in [0.15, 0.2) is 0 Å². The standard InChI is InChI=1S/C16H25N3OS.2ClH/c1-12-11-21-14(18-12)13-6-5-9-19(10-13)15(20)16(17)7-3-2-4-8-16;;/h11,13H,2-10,17H2,1H3;2*1H. The van der Waals surface area contributed by atoms with Gasteiger partial charge < -0.3 is 10.6 Å². The van der Waals surface area contributed by atoms with E-state index in [0.29, 0.717) is 5.92 Å². The number of nitrogens with two attached hydrogens (primary N) is 1. The summed E-state index contributed by atoms with van der Waals surface area (Å²) in [4.78, 5) is 19.5. The number of aryl methyl sites for hydroxylation is 1. The molecule has 1 aromatic rings. The highest BCUT2D eigenvalue weighted by molar-refractivity contribution is 7.09. The van der Waals surface area contributed by atoms with Crippen LogP contribution in [-0.2, 0) is 4.79 Å². The van der Waals surface area contributed by atoms with Gasteiger partial charge in [-0.15, -0.1) is 36.2 Å². The van der Waals surface area contributed by atoms with Crippen LogP contribution in [0.2, 0.25) is 0 Å². The Morgan fingerprint density at radius 2 is 2.00 bits per heavy atom. The van der Waals surface area contributed by atoms with Gasteiger partial charge in [0.1, 0.15) is 0 Å². The average Bonchev–Trinajstić information content (AvgIpc) is 2.94. The lowest BCUT2D eigenvalue weighted by molar-refractivity contribution is -0.139. The van der Waals surface area contributed by atoms with Gasteiger partial charge in [-0.1, -0.05) is 19.3 Å². The van der Waals surface area contributed by atoms with Crippen LogP contribution in [0.25, 0.3) is 0 Å². The summed E-state index contributed by atoms with van der Waals surface area (Å²) in [6.45, 7) is 3.69. The number of carbonyl (C=O) groups is 1. The number of carbonyl (C=O) groups excluding carboxylic acids is 1. The highest BCUT2D eigenvalue weighted by Crippen LogP contribution is 2.33. The molecule has 2 fully saturated rings. The SMILES string of the molecule is Cc1csc(C2CCCN(C(=O)C3(N)CCCCC3)C2)n1.Cl.Cl. The topological polar surface area (TPSA) is 59.2 Å². The Hall–Kier alpha value is -0.360. The van der Waals surface area contributed by atoms with Crippen molar-refractivity contribution in [2.45, 2.75) is 63.3 Å². The first-order valence-electron chi connectivity index (χ1n) is 8.09. The quantitative estimate of drug-likeness (QED) is 0.852. The molecule has 1 unspecified atom stereocenters. The monoisotopic (exact) mass is 379 g/mol. The highest BCUT2D eigenvalue weighted by Gasteiger charge is 2.40. The minimum atomic E-state index is -0.598. The number of amides is 1. The number of aromatic nitrogens is 1. The summed E-state index contributed by atoms with van der Waals surface area (Å²) in [5.74, 6) is 0.578. The zero-order valence-electron chi connectivity index (χ0n) is 13.6. The minimum absolute atomic E-state index is 0. The Balaban J connectivity index is 0.00000132. The lowest BCUT2D eigenvalue weighted by Crippen LogP contribution is -2.57. The number of hydrogen-bond acceptors (Lipinski definition) is 4. The van der Waals surface area contributed by atoms with Crippen LogP contribution in [0.1, 0.15) is 61.6 Å². The van der Waals surface area contributed by atoms with Gasteiger partial charge in [-0.05, 0) is 32.6 Å². The molecule has 2 aliphatic rings. The number of likely N-dealkylation sites (tertiary alicyclic amines) is 1. The maximum atomic E-state index is 12.8. The van der Waals surface area contributed by atoms with Crippen LogP contribution in [-0.4, -0.2) is 34.4 Å². The van der Waals surface area contributed by atoms with Crippen molar-refractivity contribution in [3.8, 4) is 0 Å². The van der Waals surface area contributed by atoms with Crippen LogP contribution in [0, 0.1) is 6.92 Å². The Morgan fingerprint density at radius 3 is 2.61 bits per heavy atom. The normalized spacial score (nSPS) is 23.6. The van der Waals surface area contributed by atoms with Gasteiger partial charge in [0.2, 0.25) is 5.91 Å². The van der Waals surface area contributed by atoms with Crippen molar-refractivity contribution < 1.29 is 4.79 Å². The zero-order valence-corrected chi connectivity index (χ0v) is 16.1. The number of hydrogen-bond donors (Lipinski definition) is 1. The van der Waals surface area contributed by atoms with Crippen LogP contribution in [0.15, 0.2) is 5.38 Å². The summed E-state index contributed by atoms with van der Waals surface area (Å²) in [5, 5.41) is 3.28. The van der Waals surface area contributed by atoms with Gasteiger partial charge in [0.25, 0.3) is 0 Å². The van der Waals surface area contributed by atoms with E-state index in [2.05, 4.69) is 10.4 Å². The molecule has 1 saturated heterocycles. The van der Waals surface area contributed by atoms with Crippen LogP contribution < -0.4 is 5.73 Å². The molecule has 1 saturated carbocycles. The highest BCUT2D eigenvalue weighted by atomic mass is 35.5. The molecule has 2 N–H and O–H groups in total. The molecule has 7 heteroatoms. The Morgan fingerprint density at radius 1 is 1.30 bits per heavy atom. The summed E-state index contributed by atoms with van der Waals surface area (Å²) in [7, 11) is 0. The second-order valence-corrected chi connectivity index (χ2v) is 7.52. The molecule has 0 radical (unpaired) electrons. The summed E-state index contributed by atoms with van der Waals surface area (Å²) < 4.78 is 0. The van der Waals surface area contributed by atoms with Crippen molar-refractivity contribution in [1.29, 1.82) is 0 Å². The number of piperidine rings is 1. The van der Waals surface area contributed by atoms with Crippen molar-refractivity contribution in [3.63, 3.8) is 0 Å². The van der Waals surface area contributed by atoms with E-state index in [9.17, 15) is 4.79 Å². The molecule has 23 heavy (non-hydrogen) atoms. The molecule has 1 aromatic heterocycles. The number of rotatable bonds is 2. The summed E-state index contributed by atoms with van der Waals surface area (Å²) in [6, 6.07) is 0. The van der Waals surface area contributed by atoms with E-state index in [1.165, 1.54) is 11.4 Å². The summed E-state index contributed by atoms with van der Waals surface area (Å²) in [6.07, 6.45) is 7.29. The fourth-order valence-electron chi connectivity index (χ4n) is 3.63. The molecule has 0 bridgehead atoms. The summed E-state index contributed by atoms with van der Waals surface area (Å²) in [5.41, 5.74) is 6.90. The van der Waals surface area contributed by atoms with Crippen LogP contribution in [0.3, 0.4) is 0 Å². The second-order valence-electron chi connectivity index (χ2n) is 6.63. The van der Waals surface area contributed by atoms with Crippen LogP contribution in [0.4, 0.5) is 0 Å². The first-order chi connectivity index (χ1) is 10.1. The van der Waals surface area contributed by atoms with E-state index in [-0.39, 0.29) is 30.7 Å². The van der Waals surface area contributed by atoms with Crippen molar-refractivity contribution in [2.75, 3.05) is 13.1 Å². The third-order valence-electron chi connectivity index (χ3n) is 4.87. The van der Waals surface area contributed by atoms with Crippen molar-refractivity contribution in [3.05, 3.63) is 16.1 Å². The molecule has 4 nitrogen and oxygen atoms in total. The first-order valence-corrected chi connectivity index (χ1v) is 8.97. The molecule has 1 aliphatic carbocycles. The predicted octanol–water partition coefficient (Wildman–Crippen LogP) is 3.66. The summed E-state index contributed by atoms with van der Waals surface area (Å²) >= 11 is 1.72. The molecule has 2 heterocycles. The van der Waals surface area contributed by atoms with Crippen molar-refractivity contribution >= 4 is 42.1 Å². The smallest absolute Gasteiger partial charge is 0.242 e. The van der Waals surface area contributed by atoms with E-state index >= 15 is 0 Å². The Kier molecular flexibility index (Phi) is 7.78.